The molecule has 1 amide bonds. The van der Waals surface area contributed by atoms with Gasteiger partial charge in [0, 0.05) is 12.5 Å². The molecule has 2 fully saturated rings. The predicted molar refractivity (Wildman–Crippen MR) is 43.1 cm³/mol. The van der Waals surface area contributed by atoms with Crippen molar-refractivity contribution in [1.29, 1.82) is 0 Å². The molecule has 0 radical (unpaired) electrons. The highest BCUT2D eigenvalue weighted by Crippen LogP contribution is 2.35. The summed E-state index contributed by atoms with van der Waals surface area (Å²) in [4.78, 5) is 11.2. The Bertz CT molecular complexity index is 174. The Morgan fingerprint density at radius 1 is 1.45 bits per heavy atom. The lowest BCUT2D eigenvalue weighted by Crippen LogP contribution is -2.31. The van der Waals surface area contributed by atoms with Crippen LogP contribution in [-0.4, -0.2) is 11.9 Å². The Hall–Kier alpha value is -0.530. The summed E-state index contributed by atoms with van der Waals surface area (Å²) in [7, 11) is 0. The Morgan fingerprint density at radius 2 is 2.27 bits per heavy atom. The molecule has 2 rings (SSSR count). The molecule has 0 aromatic heterocycles. The summed E-state index contributed by atoms with van der Waals surface area (Å²) in [5.74, 6) is 1.70. The molecule has 1 heterocycles. The fraction of sp³-hybridized carbons (Fsp3) is 0.889. The second kappa shape index (κ2) is 2.50. The van der Waals surface area contributed by atoms with Crippen LogP contribution in [0.1, 0.15) is 32.6 Å². The van der Waals surface area contributed by atoms with Crippen LogP contribution in [0.2, 0.25) is 0 Å². The Morgan fingerprint density at radius 3 is 3.09 bits per heavy atom. The van der Waals surface area contributed by atoms with E-state index >= 15 is 0 Å². The minimum absolute atomic E-state index is 0.268. The molecule has 0 aromatic carbocycles. The quantitative estimate of drug-likeness (QED) is 0.558. The van der Waals surface area contributed by atoms with Crippen LogP contribution in [-0.2, 0) is 4.79 Å². The van der Waals surface area contributed by atoms with Crippen LogP contribution in [0.4, 0.5) is 0 Å². The number of amides is 1. The first kappa shape index (κ1) is 7.14. The van der Waals surface area contributed by atoms with E-state index in [4.69, 9.17) is 0 Å². The van der Waals surface area contributed by atoms with Crippen LogP contribution >= 0.6 is 0 Å². The molecule has 1 saturated carbocycles. The maximum atomic E-state index is 11.2. The molecular formula is C9H15NO. The van der Waals surface area contributed by atoms with Crippen molar-refractivity contribution >= 4 is 5.91 Å². The van der Waals surface area contributed by atoms with E-state index < -0.39 is 0 Å². The van der Waals surface area contributed by atoms with Crippen molar-refractivity contribution in [3.8, 4) is 0 Å². The van der Waals surface area contributed by atoms with Gasteiger partial charge in [-0.2, -0.15) is 0 Å². The van der Waals surface area contributed by atoms with Crippen molar-refractivity contribution < 1.29 is 4.79 Å². The molecule has 3 atom stereocenters. The van der Waals surface area contributed by atoms with Crippen molar-refractivity contribution in [2.24, 2.45) is 11.8 Å². The molecule has 62 valence electrons. The molecule has 11 heavy (non-hydrogen) atoms. The van der Waals surface area contributed by atoms with Gasteiger partial charge in [-0.15, -0.1) is 0 Å². The van der Waals surface area contributed by atoms with Gasteiger partial charge in [0.05, 0.1) is 0 Å². The molecule has 2 heteroatoms. The second-order valence-corrected chi connectivity index (χ2v) is 4.02. The molecular weight excluding hydrogens is 138 g/mol. The molecule has 1 aliphatic carbocycles. The highest BCUT2D eigenvalue weighted by atomic mass is 16.1. The SMILES string of the molecule is CC1CC(=O)NC2CCC1C2. The number of rotatable bonds is 0. The Balaban J connectivity index is 2.11. The average Bonchev–Trinajstić information content (AvgIpc) is 2.29. The van der Waals surface area contributed by atoms with Crippen LogP contribution in [0.25, 0.3) is 0 Å². The summed E-state index contributed by atoms with van der Waals surface area (Å²) in [6.45, 7) is 2.21. The summed E-state index contributed by atoms with van der Waals surface area (Å²) >= 11 is 0. The first-order valence-electron chi connectivity index (χ1n) is 4.55. The zero-order chi connectivity index (χ0) is 7.84. The van der Waals surface area contributed by atoms with Crippen molar-refractivity contribution in [2.45, 2.75) is 38.6 Å². The van der Waals surface area contributed by atoms with Crippen molar-refractivity contribution in [3.05, 3.63) is 0 Å². The van der Waals surface area contributed by atoms with Gasteiger partial charge >= 0.3 is 0 Å². The highest BCUT2D eigenvalue weighted by Gasteiger charge is 2.33. The van der Waals surface area contributed by atoms with Crippen LogP contribution in [0, 0.1) is 11.8 Å². The number of hydrogen-bond donors (Lipinski definition) is 1. The van der Waals surface area contributed by atoms with E-state index in [1.165, 1.54) is 19.3 Å². The fourth-order valence-corrected chi connectivity index (χ4v) is 2.41. The lowest BCUT2D eigenvalue weighted by molar-refractivity contribution is -0.122. The van der Waals surface area contributed by atoms with E-state index in [9.17, 15) is 4.79 Å². The normalized spacial score (nSPS) is 43.4. The van der Waals surface area contributed by atoms with Gasteiger partial charge in [0.25, 0.3) is 0 Å². The minimum atomic E-state index is 0.268. The topological polar surface area (TPSA) is 29.1 Å². The van der Waals surface area contributed by atoms with Gasteiger partial charge in [0.15, 0.2) is 0 Å². The monoisotopic (exact) mass is 153 g/mol. The van der Waals surface area contributed by atoms with Gasteiger partial charge in [-0.3, -0.25) is 4.79 Å². The van der Waals surface area contributed by atoms with Gasteiger partial charge in [-0.05, 0) is 31.1 Å². The van der Waals surface area contributed by atoms with E-state index in [2.05, 4.69) is 12.2 Å². The minimum Gasteiger partial charge on any atom is -0.353 e. The molecule has 1 aliphatic heterocycles. The van der Waals surface area contributed by atoms with Crippen molar-refractivity contribution in [3.63, 3.8) is 0 Å². The molecule has 0 spiro atoms. The first-order valence-corrected chi connectivity index (χ1v) is 4.55. The summed E-state index contributed by atoms with van der Waals surface area (Å²) in [5.41, 5.74) is 0. The molecule has 2 bridgehead atoms. The smallest absolute Gasteiger partial charge is 0.220 e. The van der Waals surface area contributed by atoms with Gasteiger partial charge in [-0.1, -0.05) is 6.92 Å². The Labute approximate surface area is 67.4 Å². The Kier molecular flexibility index (Phi) is 1.63. The average molecular weight is 153 g/mol. The van der Waals surface area contributed by atoms with Gasteiger partial charge < -0.3 is 5.32 Å². The molecule has 2 aliphatic rings. The summed E-state index contributed by atoms with van der Waals surface area (Å²) < 4.78 is 0. The number of nitrogens with one attached hydrogen (secondary N) is 1. The van der Waals surface area contributed by atoms with E-state index in [-0.39, 0.29) is 5.91 Å². The van der Waals surface area contributed by atoms with Crippen molar-refractivity contribution in [2.75, 3.05) is 0 Å². The maximum Gasteiger partial charge on any atom is 0.220 e. The van der Waals surface area contributed by atoms with Gasteiger partial charge in [0.2, 0.25) is 5.91 Å². The number of carbonyl (C=O) groups is 1. The molecule has 3 unspecified atom stereocenters. The summed E-state index contributed by atoms with van der Waals surface area (Å²) in [5, 5.41) is 3.06. The van der Waals surface area contributed by atoms with E-state index in [1.807, 2.05) is 0 Å². The third kappa shape index (κ3) is 1.26. The summed E-state index contributed by atoms with van der Waals surface area (Å²) in [6.07, 6.45) is 4.51. The first-order chi connectivity index (χ1) is 5.25. The van der Waals surface area contributed by atoms with E-state index in [0.717, 1.165) is 12.3 Å². The fourth-order valence-electron chi connectivity index (χ4n) is 2.41. The zero-order valence-corrected chi connectivity index (χ0v) is 6.97. The molecule has 1 N–H and O–H groups in total. The summed E-state index contributed by atoms with van der Waals surface area (Å²) in [6, 6.07) is 0.512. The lowest BCUT2D eigenvalue weighted by atomic mass is 9.90. The van der Waals surface area contributed by atoms with Crippen LogP contribution in [0.15, 0.2) is 0 Å². The molecule has 1 saturated heterocycles. The van der Waals surface area contributed by atoms with E-state index in [0.29, 0.717) is 12.0 Å². The lowest BCUT2D eigenvalue weighted by Gasteiger charge is -2.15. The second-order valence-electron chi connectivity index (χ2n) is 4.02. The number of fused-ring (bicyclic) bond motifs is 2. The van der Waals surface area contributed by atoms with Crippen molar-refractivity contribution in [1.82, 2.24) is 5.32 Å². The van der Waals surface area contributed by atoms with Gasteiger partial charge in [0.1, 0.15) is 0 Å². The van der Waals surface area contributed by atoms with Gasteiger partial charge in [-0.25, -0.2) is 0 Å². The highest BCUT2D eigenvalue weighted by molar-refractivity contribution is 5.76. The zero-order valence-electron chi connectivity index (χ0n) is 6.97. The molecule has 0 aromatic rings. The largest absolute Gasteiger partial charge is 0.353 e. The third-order valence-corrected chi connectivity index (χ3v) is 3.15. The van der Waals surface area contributed by atoms with E-state index in [1.54, 1.807) is 0 Å². The standard InChI is InChI=1S/C9H15NO/c1-6-4-9(11)10-8-3-2-7(6)5-8/h6-8H,2-5H2,1H3,(H,10,11). The van der Waals surface area contributed by atoms with Crippen LogP contribution in [0.3, 0.4) is 0 Å². The number of carbonyl (C=O) groups excluding carboxylic acids is 1. The van der Waals surface area contributed by atoms with Crippen LogP contribution in [0.5, 0.6) is 0 Å². The van der Waals surface area contributed by atoms with Crippen LogP contribution < -0.4 is 5.32 Å². The third-order valence-electron chi connectivity index (χ3n) is 3.15. The molecule has 2 nitrogen and oxygen atoms in total. The number of hydrogen-bond acceptors (Lipinski definition) is 1. The maximum absolute atomic E-state index is 11.2. The predicted octanol–water partition coefficient (Wildman–Crippen LogP) is 1.31.